The Balaban J connectivity index is 2.32. The van der Waals surface area contributed by atoms with Crippen molar-refractivity contribution < 1.29 is 23.8 Å². The van der Waals surface area contributed by atoms with E-state index in [0.717, 1.165) is 11.8 Å². The summed E-state index contributed by atoms with van der Waals surface area (Å²) >= 11 is 7.24. The molecular weight excluding hydrogens is 378 g/mol. The molecule has 0 saturated carbocycles. The molecule has 0 N–H and O–H groups in total. The van der Waals surface area contributed by atoms with E-state index in [-0.39, 0.29) is 23.8 Å². The van der Waals surface area contributed by atoms with Gasteiger partial charge in [0.1, 0.15) is 0 Å². The number of amides is 2. The van der Waals surface area contributed by atoms with Gasteiger partial charge in [-0.15, -0.1) is 0 Å². The zero-order valence-electron chi connectivity index (χ0n) is 15.2. The van der Waals surface area contributed by atoms with Crippen LogP contribution in [0, 0.1) is 0 Å². The summed E-state index contributed by atoms with van der Waals surface area (Å²) in [5.41, 5.74) is 0.659. The van der Waals surface area contributed by atoms with Gasteiger partial charge in [-0.05, 0) is 56.3 Å². The van der Waals surface area contributed by atoms with Crippen molar-refractivity contribution in [2.45, 2.75) is 26.9 Å². The number of carbonyl (C=O) groups excluding carboxylic acids is 2. The van der Waals surface area contributed by atoms with E-state index in [1.165, 1.54) is 12.0 Å². The third-order valence-corrected chi connectivity index (χ3v) is 4.56. The standard InChI is InChI=1S/C18H22ClNO5S/c1-5-24-14-9-12(8-13(19)16(14)25-11(2)3)10-15-17(21)20(6-7-23-4)18(22)26-15/h8-11H,5-7H2,1-4H3/b15-10+. The Morgan fingerprint density at radius 1 is 1.31 bits per heavy atom. The first-order valence-electron chi connectivity index (χ1n) is 8.24. The van der Waals surface area contributed by atoms with Crippen molar-refractivity contribution in [3.63, 3.8) is 0 Å². The van der Waals surface area contributed by atoms with Gasteiger partial charge >= 0.3 is 0 Å². The molecule has 8 heteroatoms. The predicted octanol–water partition coefficient (Wildman–Crippen LogP) is 4.21. The second-order valence-corrected chi connectivity index (χ2v) is 7.16. The molecule has 0 unspecified atom stereocenters. The summed E-state index contributed by atoms with van der Waals surface area (Å²) in [6.45, 7) is 6.63. The van der Waals surface area contributed by atoms with Crippen LogP contribution in [0.4, 0.5) is 4.79 Å². The Kier molecular flexibility index (Phi) is 7.37. The molecule has 1 saturated heterocycles. The number of nitrogens with zero attached hydrogens (tertiary/aromatic N) is 1. The van der Waals surface area contributed by atoms with E-state index >= 15 is 0 Å². The van der Waals surface area contributed by atoms with Crippen molar-refractivity contribution in [3.05, 3.63) is 27.6 Å². The Hall–Kier alpha value is -1.70. The van der Waals surface area contributed by atoms with Crippen LogP contribution in [-0.4, -0.2) is 49.0 Å². The van der Waals surface area contributed by atoms with Crippen LogP contribution < -0.4 is 9.47 Å². The number of ether oxygens (including phenoxy) is 3. The molecule has 1 aliphatic heterocycles. The summed E-state index contributed by atoms with van der Waals surface area (Å²) in [5.74, 6) is 0.626. The van der Waals surface area contributed by atoms with Crippen LogP contribution >= 0.6 is 23.4 Å². The third-order valence-electron chi connectivity index (χ3n) is 3.38. The molecule has 0 spiro atoms. The van der Waals surface area contributed by atoms with Gasteiger partial charge in [0.2, 0.25) is 0 Å². The summed E-state index contributed by atoms with van der Waals surface area (Å²) < 4.78 is 16.3. The van der Waals surface area contributed by atoms with Crippen LogP contribution in [0.2, 0.25) is 5.02 Å². The first kappa shape index (κ1) is 20.6. The van der Waals surface area contributed by atoms with Gasteiger partial charge in [0.25, 0.3) is 11.1 Å². The van der Waals surface area contributed by atoms with Gasteiger partial charge in [0, 0.05) is 7.11 Å². The maximum Gasteiger partial charge on any atom is 0.293 e. The van der Waals surface area contributed by atoms with Crippen molar-refractivity contribution in [1.29, 1.82) is 0 Å². The number of methoxy groups -OCH3 is 1. The lowest BCUT2D eigenvalue weighted by Crippen LogP contribution is -2.31. The largest absolute Gasteiger partial charge is 0.490 e. The van der Waals surface area contributed by atoms with Crippen LogP contribution in [0.5, 0.6) is 11.5 Å². The van der Waals surface area contributed by atoms with Crippen molar-refractivity contribution in [3.8, 4) is 11.5 Å². The van der Waals surface area contributed by atoms with Gasteiger partial charge < -0.3 is 14.2 Å². The van der Waals surface area contributed by atoms with E-state index in [4.69, 9.17) is 25.8 Å². The fraction of sp³-hybridized carbons (Fsp3) is 0.444. The minimum absolute atomic E-state index is 0.0603. The Morgan fingerprint density at radius 3 is 2.65 bits per heavy atom. The Bertz CT molecular complexity index is 720. The second kappa shape index (κ2) is 9.30. The van der Waals surface area contributed by atoms with E-state index < -0.39 is 0 Å². The lowest BCUT2D eigenvalue weighted by atomic mass is 10.1. The zero-order valence-corrected chi connectivity index (χ0v) is 16.8. The van der Waals surface area contributed by atoms with Gasteiger partial charge in [-0.1, -0.05) is 11.6 Å². The summed E-state index contributed by atoms with van der Waals surface area (Å²) in [5, 5.41) is 0.0729. The minimum atomic E-state index is -0.339. The number of rotatable bonds is 8. The van der Waals surface area contributed by atoms with Crippen LogP contribution in [0.1, 0.15) is 26.3 Å². The molecule has 0 aromatic heterocycles. The zero-order chi connectivity index (χ0) is 19.3. The maximum absolute atomic E-state index is 12.4. The third kappa shape index (κ3) is 4.93. The van der Waals surface area contributed by atoms with Crippen molar-refractivity contribution in [2.24, 2.45) is 0 Å². The number of hydrogen-bond donors (Lipinski definition) is 0. The van der Waals surface area contributed by atoms with Crippen molar-refractivity contribution in [1.82, 2.24) is 4.90 Å². The molecule has 0 aliphatic carbocycles. The highest BCUT2D eigenvalue weighted by Crippen LogP contribution is 2.39. The summed E-state index contributed by atoms with van der Waals surface area (Å²) in [6, 6.07) is 3.43. The average Bonchev–Trinajstić information content (AvgIpc) is 2.82. The van der Waals surface area contributed by atoms with Crippen LogP contribution in [0.3, 0.4) is 0 Å². The van der Waals surface area contributed by atoms with E-state index in [2.05, 4.69) is 0 Å². The Morgan fingerprint density at radius 2 is 2.04 bits per heavy atom. The molecule has 26 heavy (non-hydrogen) atoms. The molecule has 0 bridgehead atoms. The smallest absolute Gasteiger partial charge is 0.293 e. The summed E-state index contributed by atoms with van der Waals surface area (Å²) in [4.78, 5) is 25.9. The molecule has 1 heterocycles. The molecule has 0 atom stereocenters. The minimum Gasteiger partial charge on any atom is -0.490 e. The molecule has 142 valence electrons. The second-order valence-electron chi connectivity index (χ2n) is 5.76. The van der Waals surface area contributed by atoms with E-state index in [9.17, 15) is 9.59 Å². The predicted molar refractivity (Wildman–Crippen MR) is 103 cm³/mol. The molecule has 1 aromatic rings. The molecule has 1 aromatic carbocycles. The van der Waals surface area contributed by atoms with Gasteiger partial charge in [-0.25, -0.2) is 0 Å². The van der Waals surface area contributed by atoms with Crippen LogP contribution in [0.15, 0.2) is 17.0 Å². The van der Waals surface area contributed by atoms with Gasteiger partial charge in [0.05, 0.1) is 35.8 Å². The van der Waals surface area contributed by atoms with Crippen LogP contribution in [0.25, 0.3) is 6.08 Å². The quantitative estimate of drug-likeness (QED) is 0.610. The molecule has 2 amide bonds. The number of hydrogen-bond acceptors (Lipinski definition) is 6. The Labute approximate surface area is 162 Å². The maximum atomic E-state index is 12.4. The SMILES string of the molecule is CCOc1cc(/C=C2/SC(=O)N(CCOC)C2=O)cc(Cl)c1OC(C)C. The topological polar surface area (TPSA) is 65.1 Å². The molecule has 1 aliphatic rings. The molecular formula is C18H22ClNO5S. The lowest BCUT2D eigenvalue weighted by Gasteiger charge is -2.16. The monoisotopic (exact) mass is 399 g/mol. The van der Waals surface area contributed by atoms with Gasteiger partial charge in [-0.3, -0.25) is 14.5 Å². The van der Waals surface area contributed by atoms with E-state index in [1.54, 1.807) is 18.2 Å². The average molecular weight is 400 g/mol. The number of halogens is 1. The molecule has 1 fully saturated rings. The highest BCUT2D eigenvalue weighted by Gasteiger charge is 2.34. The highest BCUT2D eigenvalue weighted by molar-refractivity contribution is 8.18. The number of imide groups is 1. The fourth-order valence-electron chi connectivity index (χ4n) is 2.31. The van der Waals surface area contributed by atoms with Crippen molar-refractivity contribution in [2.75, 3.05) is 26.9 Å². The molecule has 0 radical (unpaired) electrons. The van der Waals surface area contributed by atoms with E-state index in [1.807, 2.05) is 20.8 Å². The van der Waals surface area contributed by atoms with Gasteiger partial charge in [-0.2, -0.15) is 0 Å². The summed E-state index contributed by atoms with van der Waals surface area (Å²) in [6.07, 6.45) is 1.57. The molecule has 2 rings (SSSR count). The van der Waals surface area contributed by atoms with Crippen LogP contribution in [-0.2, 0) is 9.53 Å². The first-order valence-corrected chi connectivity index (χ1v) is 9.44. The molecule has 6 nitrogen and oxygen atoms in total. The lowest BCUT2D eigenvalue weighted by molar-refractivity contribution is -0.123. The van der Waals surface area contributed by atoms with Gasteiger partial charge in [0.15, 0.2) is 11.5 Å². The first-order chi connectivity index (χ1) is 12.4. The number of carbonyl (C=O) groups is 2. The van der Waals surface area contributed by atoms with E-state index in [0.29, 0.717) is 40.2 Å². The highest BCUT2D eigenvalue weighted by atomic mass is 35.5. The normalized spacial score (nSPS) is 16.1. The fourth-order valence-corrected chi connectivity index (χ4v) is 3.44. The number of thioether (sulfide) groups is 1. The summed E-state index contributed by atoms with van der Waals surface area (Å²) in [7, 11) is 1.52. The van der Waals surface area contributed by atoms with Crippen molar-refractivity contribution >= 4 is 40.6 Å². The number of benzene rings is 1.